The minimum Gasteiger partial charge on any atom is -0.394 e. The summed E-state index contributed by atoms with van der Waals surface area (Å²) in [5.74, 6) is -0.379. The molecule has 4 N–H and O–H groups in total. The third kappa shape index (κ3) is 4.02. The molecule has 0 spiro atoms. The smallest absolute Gasteiger partial charge is 0.217 e. The lowest BCUT2D eigenvalue weighted by Gasteiger charge is -2.42. The molecule has 7 heteroatoms. The summed E-state index contributed by atoms with van der Waals surface area (Å²) < 4.78 is 11.1. The highest BCUT2D eigenvalue weighted by Crippen LogP contribution is 2.23. The summed E-state index contributed by atoms with van der Waals surface area (Å²) in [6.07, 6.45) is -4.55. The minimum atomic E-state index is -1.31. The molecule has 7 nitrogen and oxygen atoms in total. The minimum absolute atomic E-state index is 0.211. The van der Waals surface area contributed by atoms with Crippen molar-refractivity contribution in [2.24, 2.45) is 0 Å². The van der Waals surface area contributed by atoms with Crippen LogP contribution in [0.25, 0.3) is 0 Å². The molecule has 0 saturated carbocycles. The molecule has 22 heavy (non-hydrogen) atoms. The molecule has 5 atom stereocenters. The van der Waals surface area contributed by atoms with Gasteiger partial charge >= 0.3 is 0 Å². The molecule has 1 aromatic carbocycles. The van der Waals surface area contributed by atoms with Crippen LogP contribution >= 0.6 is 0 Å². The Labute approximate surface area is 128 Å². The summed E-state index contributed by atoms with van der Waals surface area (Å²) in [6.45, 7) is 1.05. The number of nitrogens with one attached hydrogen (secondary N) is 1. The first-order chi connectivity index (χ1) is 10.5. The fourth-order valence-electron chi connectivity index (χ4n) is 2.37. The van der Waals surface area contributed by atoms with Crippen molar-refractivity contribution in [2.75, 3.05) is 6.61 Å². The summed E-state index contributed by atoms with van der Waals surface area (Å²) >= 11 is 0. The summed E-state index contributed by atoms with van der Waals surface area (Å²) in [4.78, 5) is 11.3. The van der Waals surface area contributed by atoms with E-state index in [1.807, 2.05) is 30.3 Å². The Morgan fingerprint density at radius 3 is 2.55 bits per heavy atom. The second kappa shape index (κ2) is 7.66. The predicted octanol–water partition coefficient (Wildman–Crippen LogP) is -0.853. The van der Waals surface area contributed by atoms with Gasteiger partial charge in [-0.05, 0) is 5.56 Å². The number of hydrogen-bond donors (Lipinski definition) is 4. The van der Waals surface area contributed by atoms with Crippen molar-refractivity contribution in [3.8, 4) is 0 Å². The molecule has 122 valence electrons. The van der Waals surface area contributed by atoms with Gasteiger partial charge < -0.3 is 30.1 Å². The van der Waals surface area contributed by atoms with Gasteiger partial charge in [-0.2, -0.15) is 0 Å². The van der Waals surface area contributed by atoms with Crippen LogP contribution in [0.5, 0.6) is 0 Å². The third-order valence-corrected chi connectivity index (χ3v) is 3.51. The maximum Gasteiger partial charge on any atom is 0.217 e. The molecule has 0 aromatic heterocycles. The van der Waals surface area contributed by atoms with Crippen molar-refractivity contribution in [3.63, 3.8) is 0 Å². The van der Waals surface area contributed by atoms with Crippen LogP contribution in [0.2, 0.25) is 0 Å². The highest BCUT2D eigenvalue weighted by Gasteiger charge is 2.45. The predicted molar refractivity (Wildman–Crippen MR) is 76.6 cm³/mol. The molecular weight excluding hydrogens is 290 g/mol. The quantitative estimate of drug-likeness (QED) is 0.564. The molecule has 1 aliphatic rings. The first-order valence-corrected chi connectivity index (χ1v) is 7.08. The normalized spacial score (nSPS) is 31.7. The highest BCUT2D eigenvalue weighted by atomic mass is 16.7. The second-order valence-electron chi connectivity index (χ2n) is 5.23. The van der Waals surface area contributed by atoms with Gasteiger partial charge in [0.25, 0.3) is 0 Å². The van der Waals surface area contributed by atoms with Gasteiger partial charge in [0.2, 0.25) is 5.91 Å². The number of hydrogen-bond acceptors (Lipinski definition) is 6. The van der Waals surface area contributed by atoms with Crippen molar-refractivity contribution in [2.45, 2.75) is 44.2 Å². The number of ether oxygens (including phenoxy) is 2. The van der Waals surface area contributed by atoms with E-state index in [0.29, 0.717) is 0 Å². The Morgan fingerprint density at radius 1 is 1.27 bits per heavy atom. The van der Waals surface area contributed by atoms with E-state index in [-0.39, 0.29) is 12.5 Å². The lowest BCUT2D eigenvalue weighted by molar-refractivity contribution is -0.273. The van der Waals surface area contributed by atoms with Crippen LogP contribution in [0.15, 0.2) is 30.3 Å². The monoisotopic (exact) mass is 311 g/mol. The zero-order chi connectivity index (χ0) is 16.1. The van der Waals surface area contributed by atoms with Gasteiger partial charge in [-0.25, -0.2) is 0 Å². The van der Waals surface area contributed by atoms with E-state index in [2.05, 4.69) is 5.32 Å². The summed E-state index contributed by atoms with van der Waals surface area (Å²) in [5.41, 5.74) is 0.897. The molecule has 1 amide bonds. The average molecular weight is 311 g/mol. The van der Waals surface area contributed by atoms with Crippen LogP contribution in [0, 0.1) is 0 Å². The molecule has 0 unspecified atom stereocenters. The van der Waals surface area contributed by atoms with Crippen LogP contribution in [0.4, 0.5) is 0 Å². The summed E-state index contributed by atoms with van der Waals surface area (Å²) in [5, 5.41) is 31.7. The number of amides is 1. The van der Waals surface area contributed by atoms with E-state index in [1.54, 1.807) is 0 Å². The molecule has 1 heterocycles. The summed E-state index contributed by atoms with van der Waals surface area (Å²) in [6, 6.07) is 8.42. The number of aliphatic hydroxyl groups is 3. The largest absolute Gasteiger partial charge is 0.394 e. The maximum atomic E-state index is 11.3. The third-order valence-electron chi connectivity index (χ3n) is 3.51. The second-order valence-corrected chi connectivity index (χ2v) is 5.23. The van der Waals surface area contributed by atoms with Crippen molar-refractivity contribution in [3.05, 3.63) is 35.9 Å². The Hall–Kier alpha value is -1.51. The Bertz CT molecular complexity index is 482. The number of benzene rings is 1. The zero-order valence-electron chi connectivity index (χ0n) is 12.3. The van der Waals surface area contributed by atoms with E-state index in [1.165, 1.54) is 6.92 Å². The number of carbonyl (C=O) groups excluding carboxylic acids is 1. The van der Waals surface area contributed by atoms with Crippen LogP contribution in [-0.2, 0) is 20.9 Å². The van der Waals surface area contributed by atoms with Gasteiger partial charge in [0.05, 0.1) is 13.2 Å². The molecule has 0 aliphatic carbocycles. The summed E-state index contributed by atoms with van der Waals surface area (Å²) in [7, 11) is 0. The number of aliphatic hydroxyl groups excluding tert-OH is 3. The molecule has 0 radical (unpaired) electrons. The van der Waals surface area contributed by atoms with Gasteiger partial charge in [0, 0.05) is 6.92 Å². The first-order valence-electron chi connectivity index (χ1n) is 7.08. The van der Waals surface area contributed by atoms with E-state index < -0.39 is 37.3 Å². The van der Waals surface area contributed by atoms with Gasteiger partial charge in [-0.1, -0.05) is 30.3 Å². The van der Waals surface area contributed by atoms with E-state index in [0.717, 1.165) is 5.56 Å². The molecule has 1 fully saturated rings. The van der Waals surface area contributed by atoms with Gasteiger partial charge in [-0.3, -0.25) is 4.79 Å². The fourth-order valence-corrected chi connectivity index (χ4v) is 2.37. The van der Waals surface area contributed by atoms with E-state index in [4.69, 9.17) is 9.47 Å². The van der Waals surface area contributed by atoms with Crippen molar-refractivity contribution in [1.29, 1.82) is 0 Å². The first kappa shape index (κ1) is 16.9. The SMILES string of the molecule is CC(=O)N[C@H]1[C@H](OCc2ccccc2)O[C@@H](CO)[C@H](O)[C@H]1O. The topological polar surface area (TPSA) is 108 Å². The van der Waals surface area contributed by atoms with Crippen LogP contribution in [0.1, 0.15) is 12.5 Å². The fraction of sp³-hybridized carbons (Fsp3) is 0.533. The Morgan fingerprint density at radius 2 is 1.95 bits per heavy atom. The van der Waals surface area contributed by atoms with Crippen molar-refractivity contribution in [1.82, 2.24) is 5.32 Å². The molecule has 1 saturated heterocycles. The molecule has 2 rings (SSSR count). The Balaban J connectivity index is 2.07. The van der Waals surface area contributed by atoms with Gasteiger partial charge in [-0.15, -0.1) is 0 Å². The molecule has 1 aliphatic heterocycles. The van der Waals surface area contributed by atoms with Crippen LogP contribution in [0.3, 0.4) is 0 Å². The standard InChI is InChI=1S/C15H21NO6/c1-9(18)16-12-14(20)13(19)11(7-17)22-15(12)21-8-10-5-3-2-4-6-10/h2-6,11-15,17,19-20H,7-8H2,1H3,(H,16,18)/t11-,12+,13-,14-,15+/m0/s1. The van der Waals surface area contributed by atoms with E-state index >= 15 is 0 Å². The lowest BCUT2D eigenvalue weighted by Crippen LogP contribution is -2.64. The van der Waals surface area contributed by atoms with Gasteiger partial charge in [0.15, 0.2) is 6.29 Å². The van der Waals surface area contributed by atoms with Crippen LogP contribution in [-0.4, -0.2) is 58.5 Å². The molecule has 1 aromatic rings. The van der Waals surface area contributed by atoms with Crippen molar-refractivity contribution < 1.29 is 29.6 Å². The van der Waals surface area contributed by atoms with Crippen LogP contribution < -0.4 is 5.32 Å². The van der Waals surface area contributed by atoms with Gasteiger partial charge in [0.1, 0.15) is 24.4 Å². The Kier molecular flexibility index (Phi) is 5.87. The maximum absolute atomic E-state index is 11.3. The zero-order valence-corrected chi connectivity index (χ0v) is 12.3. The van der Waals surface area contributed by atoms with E-state index in [9.17, 15) is 20.1 Å². The molecular formula is C15H21NO6. The number of carbonyl (C=O) groups is 1. The van der Waals surface area contributed by atoms with Crippen molar-refractivity contribution >= 4 is 5.91 Å². The lowest BCUT2D eigenvalue weighted by atomic mass is 9.97. The average Bonchev–Trinajstić information content (AvgIpc) is 2.52. The molecule has 0 bridgehead atoms. The highest BCUT2D eigenvalue weighted by molar-refractivity contribution is 5.73. The number of rotatable bonds is 5.